The molecule has 0 fully saturated rings. The number of nitrogens with zero attached hydrogens (tertiary/aromatic N) is 2. The first-order valence-corrected chi connectivity index (χ1v) is 6.50. The summed E-state index contributed by atoms with van der Waals surface area (Å²) < 4.78 is 14.7. The summed E-state index contributed by atoms with van der Waals surface area (Å²) in [5, 5.41) is 0. The summed E-state index contributed by atoms with van der Waals surface area (Å²) in [6.07, 6.45) is 4.61. The van der Waals surface area contributed by atoms with Crippen LogP contribution in [0.25, 0.3) is 0 Å². The topological polar surface area (TPSA) is 52.0 Å². The Morgan fingerprint density at radius 2 is 2.05 bits per heavy atom. The lowest BCUT2D eigenvalue weighted by Crippen LogP contribution is -2.28. The van der Waals surface area contributed by atoms with Crippen LogP contribution in [-0.2, 0) is 13.0 Å². The van der Waals surface area contributed by atoms with Gasteiger partial charge in [0.2, 0.25) is 0 Å². The van der Waals surface area contributed by atoms with Gasteiger partial charge in [-0.3, -0.25) is 14.6 Å². The van der Waals surface area contributed by atoms with Gasteiger partial charge in [0.1, 0.15) is 5.82 Å². The van der Waals surface area contributed by atoms with Crippen LogP contribution in [0.3, 0.4) is 0 Å². The molecule has 0 atom stereocenters. The number of Topliss-reactive ketones (excluding diaryl/α,β-unsaturated/α-hetero) is 1. The summed E-state index contributed by atoms with van der Waals surface area (Å²) in [7, 11) is 0. The van der Waals surface area contributed by atoms with Gasteiger partial charge in [-0.1, -0.05) is 0 Å². The number of carbonyl (C=O) groups is 1. The van der Waals surface area contributed by atoms with Crippen LogP contribution in [0, 0.1) is 5.82 Å². The molecule has 5 heteroatoms. The number of fused-ring (bicyclic) bond motifs is 1. The summed E-state index contributed by atoms with van der Waals surface area (Å²) >= 11 is 0. The lowest BCUT2D eigenvalue weighted by atomic mass is 9.94. The third-order valence-corrected chi connectivity index (χ3v) is 3.52. The van der Waals surface area contributed by atoms with Gasteiger partial charge < -0.3 is 4.57 Å². The highest BCUT2D eigenvalue weighted by atomic mass is 19.1. The molecule has 2 aromatic rings. The molecule has 0 spiro atoms. The molecule has 4 nitrogen and oxygen atoms in total. The maximum absolute atomic E-state index is 13.2. The zero-order valence-corrected chi connectivity index (χ0v) is 10.8. The molecule has 0 radical (unpaired) electrons. The highest BCUT2D eigenvalue weighted by Crippen LogP contribution is 2.20. The average Bonchev–Trinajstić information content (AvgIpc) is 2.42. The van der Waals surface area contributed by atoms with Crippen LogP contribution in [0.15, 0.2) is 35.4 Å². The predicted octanol–water partition coefficient (Wildman–Crippen LogP) is 1.95. The first kappa shape index (κ1) is 12.7. The molecule has 0 bridgehead atoms. The van der Waals surface area contributed by atoms with E-state index in [0.717, 1.165) is 18.3 Å². The van der Waals surface area contributed by atoms with E-state index >= 15 is 0 Å². The van der Waals surface area contributed by atoms with E-state index in [2.05, 4.69) is 4.98 Å². The van der Waals surface area contributed by atoms with Crippen molar-refractivity contribution in [3.63, 3.8) is 0 Å². The first-order chi connectivity index (χ1) is 9.65. The first-order valence-electron chi connectivity index (χ1n) is 6.50. The van der Waals surface area contributed by atoms with Gasteiger partial charge in [-0.25, -0.2) is 4.39 Å². The number of rotatable bonds is 2. The van der Waals surface area contributed by atoms with Gasteiger partial charge in [0.05, 0.1) is 12.7 Å². The van der Waals surface area contributed by atoms with Gasteiger partial charge in [-0.05, 0) is 30.5 Å². The van der Waals surface area contributed by atoms with Crippen molar-refractivity contribution in [2.45, 2.75) is 25.8 Å². The summed E-state index contributed by atoms with van der Waals surface area (Å²) in [6, 6.07) is 4.34. The molecule has 1 aliphatic carbocycles. The van der Waals surface area contributed by atoms with Gasteiger partial charge in [0.15, 0.2) is 5.78 Å². The van der Waals surface area contributed by atoms with Crippen molar-refractivity contribution >= 4 is 5.78 Å². The average molecular weight is 272 g/mol. The molecule has 3 rings (SSSR count). The molecule has 0 aliphatic heterocycles. The second-order valence-corrected chi connectivity index (χ2v) is 4.91. The van der Waals surface area contributed by atoms with Gasteiger partial charge >= 0.3 is 0 Å². The van der Waals surface area contributed by atoms with Crippen LogP contribution in [0.4, 0.5) is 4.39 Å². The lowest BCUT2D eigenvalue weighted by molar-refractivity contribution is 0.0970. The number of carbonyl (C=O) groups excluding carboxylic acids is 1. The van der Waals surface area contributed by atoms with E-state index in [-0.39, 0.29) is 17.9 Å². The van der Waals surface area contributed by atoms with Gasteiger partial charge in [-0.15, -0.1) is 0 Å². The number of ketones is 1. The highest BCUT2D eigenvalue weighted by Gasteiger charge is 2.20. The SMILES string of the molecule is O=C1CCCc2c1ccc(=O)n2Cc1cncc(F)c1. The molecule has 2 heterocycles. The zero-order chi connectivity index (χ0) is 14.1. The van der Waals surface area contributed by atoms with Crippen molar-refractivity contribution in [1.29, 1.82) is 0 Å². The fourth-order valence-corrected chi connectivity index (χ4v) is 2.59. The van der Waals surface area contributed by atoms with Gasteiger partial charge in [0, 0.05) is 29.9 Å². The second kappa shape index (κ2) is 5.00. The quantitative estimate of drug-likeness (QED) is 0.839. The molecule has 2 aromatic heterocycles. The molecule has 20 heavy (non-hydrogen) atoms. The lowest BCUT2D eigenvalue weighted by Gasteiger charge is -2.19. The fourth-order valence-electron chi connectivity index (χ4n) is 2.59. The molecule has 0 amide bonds. The third-order valence-electron chi connectivity index (χ3n) is 3.52. The van der Waals surface area contributed by atoms with E-state index in [1.165, 1.54) is 18.3 Å². The predicted molar refractivity (Wildman–Crippen MR) is 71.3 cm³/mol. The molecule has 0 unspecified atom stereocenters. The number of hydrogen-bond acceptors (Lipinski definition) is 3. The Bertz CT molecular complexity index is 737. The molecule has 102 valence electrons. The van der Waals surface area contributed by atoms with Crippen molar-refractivity contribution < 1.29 is 9.18 Å². The monoisotopic (exact) mass is 272 g/mol. The van der Waals surface area contributed by atoms with Crippen LogP contribution < -0.4 is 5.56 Å². The largest absolute Gasteiger partial charge is 0.307 e. The Labute approximate surface area is 114 Å². The van der Waals surface area contributed by atoms with Crippen LogP contribution >= 0.6 is 0 Å². The van der Waals surface area contributed by atoms with E-state index in [4.69, 9.17) is 0 Å². The van der Waals surface area contributed by atoms with Crippen molar-refractivity contribution in [2.75, 3.05) is 0 Å². The number of halogens is 1. The Morgan fingerprint density at radius 3 is 2.85 bits per heavy atom. The van der Waals surface area contributed by atoms with E-state index in [1.54, 1.807) is 10.6 Å². The maximum atomic E-state index is 13.2. The smallest absolute Gasteiger partial charge is 0.251 e. The Morgan fingerprint density at radius 1 is 1.20 bits per heavy atom. The molecule has 0 aromatic carbocycles. The zero-order valence-electron chi connectivity index (χ0n) is 10.8. The summed E-state index contributed by atoms with van der Waals surface area (Å²) in [5.74, 6) is -0.367. The Kier molecular flexibility index (Phi) is 3.18. The minimum Gasteiger partial charge on any atom is -0.307 e. The number of aromatic nitrogens is 2. The molecule has 1 aliphatic rings. The molecular formula is C15H13FN2O2. The van der Waals surface area contributed by atoms with Crippen molar-refractivity contribution in [3.05, 3.63) is 63.6 Å². The van der Waals surface area contributed by atoms with E-state index in [1.807, 2.05) is 0 Å². The van der Waals surface area contributed by atoms with Gasteiger partial charge in [-0.2, -0.15) is 0 Å². The molecular weight excluding hydrogens is 259 g/mol. The molecule has 0 N–H and O–H groups in total. The van der Waals surface area contributed by atoms with Crippen LogP contribution in [0.1, 0.15) is 34.5 Å². The van der Waals surface area contributed by atoms with Crippen molar-refractivity contribution in [1.82, 2.24) is 9.55 Å². The summed E-state index contributed by atoms with van der Waals surface area (Å²) in [5.41, 5.74) is 1.79. The normalized spacial score (nSPS) is 14.2. The van der Waals surface area contributed by atoms with Crippen LogP contribution in [-0.4, -0.2) is 15.3 Å². The highest BCUT2D eigenvalue weighted by molar-refractivity contribution is 5.97. The summed E-state index contributed by atoms with van der Waals surface area (Å²) in [4.78, 5) is 27.7. The molecule has 0 saturated carbocycles. The van der Waals surface area contributed by atoms with Crippen molar-refractivity contribution in [3.8, 4) is 0 Å². The van der Waals surface area contributed by atoms with Gasteiger partial charge in [0.25, 0.3) is 5.56 Å². The Balaban J connectivity index is 2.07. The minimum absolute atomic E-state index is 0.0670. The third kappa shape index (κ3) is 2.27. The summed E-state index contributed by atoms with van der Waals surface area (Å²) in [6.45, 7) is 0.236. The van der Waals surface area contributed by atoms with E-state index in [9.17, 15) is 14.0 Å². The fraction of sp³-hybridized carbons (Fsp3) is 0.267. The minimum atomic E-state index is -0.434. The van der Waals surface area contributed by atoms with E-state index in [0.29, 0.717) is 24.0 Å². The number of pyridine rings is 2. The Hall–Kier alpha value is -2.30. The molecule has 0 saturated heterocycles. The van der Waals surface area contributed by atoms with Crippen LogP contribution in [0.5, 0.6) is 0 Å². The number of hydrogen-bond donors (Lipinski definition) is 0. The van der Waals surface area contributed by atoms with Crippen LogP contribution in [0.2, 0.25) is 0 Å². The van der Waals surface area contributed by atoms with E-state index < -0.39 is 5.82 Å². The van der Waals surface area contributed by atoms with Crippen molar-refractivity contribution in [2.24, 2.45) is 0 Å². The second-order valence-electron chi connectivity index (χ2n) is 4.91. The maximum Gasteiger partial charge on any atom is 0.251 e. The standard InChI is InChI=1S/C15H13FN2O2/c16-11-6-10(7-17-8-11)9-18-13-2-1-3-14(19)12(13)4-5-15(18)20/h4-8H,1-3,9H2.